The molecule has 0 aliphatic heterocycles. The van der Waals surface area contributed by atoms with Gasteiger partial charge in [-0.1, -0.05) is 18.3 Å². The summed E-state index contributed by atoms with van der Waals surface area (Å²) in [6.45, 7) is 3.35. The molecule has 1 rings (SSSR count). The zero-order valence-corrected chi connectivity index (χ0v) is 9.56. The maximum atomic E-state index is 11.2. The topological polar surface area (TPSA) is 80.0 Å². The summed E-state index contributed by atoms with van der Waals surface area (Å²) in [6, 6.07) is 0. The molecule has 1 aromatic heterocycles. The van der Waals surface area contributed by atoms with Crippen molar-refractivity contribution >= 4 is 27.4 Å². The normalized spacial score (nSPS) is 9.93. The Morgan fingerprint density at radius 3 is 3.00 bits per heavy atom. The van der Waals surface area contributed by atoms with Crippen LogP contribution >= 0.6 is 11.3 Å². The van der Waals surface area contributed by atoms with Crippen LogP contribution in [0.25, 0.3) is 0 Å². The molecule has 84 valence electrons. The fourth-order valence-electron chi connectivity index (χ4n) is 1.00. The first kappa shape index (κ1) is 11.8. The first-order valence-corrected chi connectivity index (χ1v) is 5.76. The fourth-order valence-corrected chi connectivity index (χ4v) is 1.61. The Kier molecular flexibility index (Phi) is 4.89. The fraction of sp³-hybridized carbons (Fsp3) is 0.556. The van der Waals surface area contributed by atoms with Crippen LogP contribution in [0.15, 0.2) is 6.20 Å². The van der Waals surface area contributed by atoms with Gasteiger partial charge in [0, 0.05) is 19.5 Å². The lowest BCUT2D eigenvalue weighted by molar-refractivity contribution is -0.120. The van der Waals surface area contributed by atoms with Gasteiger partial charge >= 0.3 is 0 Å². The molecule has 0 radical (unpaired) electrons. The molecular formula is C9H16N4OS. The van der Waals surface area contributed by atoms with Gasteiger partial charge in [0.15, 0.2) is 5.13 Å². The summed E-state index contributed by atoms with van der Waals surface area (Å²) < 4.78 is 0. The molecule has 0 saturated heterocycles. The largest absolute Gasteiger partial charge is 0.389 e. The van der Waals surface area contributed by atoms with Crippen molar-refractivity contribution < 1.29 is 4.79 Å². The van der Waals surface area contributed by atoms with Crippen LogP contribution in [0.1, 0.15) is 19.8 Å². The van der Waals surface area contributed by atoms with Crippen LogP contribution in [0.3, 0.4) is 0 Å². The van der Waals surface area contributed by atoms with Crippen LogP contribution in [0.2, 0.25) is 0 Å². The van der Waals surface area contributed by atoms with E-state index in [1.54, 1.807) is 6.20 Å². The van der Waals surface area contributed by atoms with Crippen LogP contribution in [-0.4, -0.2) is 24.0 Å². The second-order valence-electron chi connectivity index (χ2n) is 3.09. The first-order chi connectivity index (χ1) is 7.22. The number of thiazole rings is 1. The second kappa shape index (κ2) is 6.23. The molecule has 5 nitrogen and oxygen atoms in total. The third-order valence-corrected chi connectivity index (χ3v) is 2.51. The number of nitrogen functional groups attached to an aromatic ring is 1. The van der Waals surface area contributed by atoms with Gasteiger partial charge in [-0.05, 0) is 6.42 Å². The summed E-state index contributed by atoms with van der Waals surface area (Å²) in [6.07, 6.45) is 3.02. The van der Waals surface area contributed by atoms with Crippen molar-refractivity contribution in [3.8, 4) is 0 Å². The smallest absolute Gasteiger partial charge is 0.221 e. The number of anilines is 2. The number of hydrogen-bond acceptors (Lipinski definition) is 5. The van der Waals surface area contributed by atoms with Gasteiger partial charge < -0.3 is 16.4 Å². The maximum Gasteiger partial charge on any atom is 0.221 e. The van der Waals surface area contributed by atoms with Gasteiger partial charge in [-0.3, -0.25) is 4.79 Å². The number of carbonyl (C=O) groups is 1. The summed E-state index contributed by atoms with van der Waals surface area (Å²) in [5.74, 6) is 0.0638. The standard InChI is InChI=1S/C9H16N4OS/c1-2-4-11-8(14)3-5-12-9-13-6-7(10)15-9/h6H,2-5,10H2,1H3,(H,11,14)(H,12,13). The number of aromatic nitrogens is 1. The number of carbonyl (C=O) groups excluding carboxylic acids is 1. The summed E-state index contributed by atoms with van der Waals surface area (Å²) in [7, 11) is 0. The van der Waals surface area contributed by atoms with E-state index in [1.165, 1.54) is 11.3 Å². The third-order valence-electron chi connectivity index (χ3n) is 1.72. The van der Waals surface area contributed by atoms with Crippen molar-refractivity contribution in [3.05, 3.63) is 6.20 Å². The molecule has 6 heteroatoms. The predicted molar refractivity (Wildman–Crippen MR) is 62.9 cm³/mol. The molecule has 0 unspecified atom stereocenters. The van der Waals surface area contributed by atoms with Gasteiger partial charge in [-0.25, -0.2) is 4.98 Å². The number of hydrogen-bond donors (Lipinski definition) is 3. The molecule has 0 spiro atoms. The Labute approximate surface area is 93.1 Å². The molecule has 1 aromatic rings. The van der Waals surface area contributed by atoms with Gasteiger partial charge in [0.05, 0.1) is 6.20 Å². The Morgan fingerprint density at radius 1 is 1.60 bits per heavy atom. The quantitative estimate of drug-likeness (QED) is 0.680. The summed E-state index contributed by atoms with van der Waals surface area (Å²) in [5, 5.41) is 7.28. The number of nitrogens with two attached hydrogens (primary N) is 1. The van der Waals surface area contributed by atoms with Crippen LogP contribution in [0.5, 0.6) is 0 Å². The monoisotopic (exact) mass is 228 g/mol. The van der Waals surface area contributed by atoms with E-state index in [0.29, 0.717) is 18.0 Å². The number of nitrogens with zero attached hydrogens (tertiary/aromatic N) is 1. The van der Waals surface area contributed by atoms with Gasteiger partial charge in [0.25, 0.3) is 0 Å². The van der Waals surface area contributed by atoms with Crippen molar-refractivity contribution in [2.75, 3.05) is 24.1 Å². The highest BCUT2D eigenvalue weighted by Crippen LogP contribution is 2.18. The minimum atomic E-state index is 0.0638. The lowest BCUT2D eigenvalue weighted by Crippen LogP contribution is -2.25. The lowest BCUT2D eigenvalue weighted by atomic mass is 10.4. The number of rotatable bonds is 6. The average molecular weight is 228 g/mol. The summed E-state index contributed by atoms with van der Waals surface area (Å²) >= 11 is 1.38. The third kappa shape index (κ3) is 4.64. The van der Waals surface area contributed by atoms with Gasteiger partial charge in [-0.15, -0.1) is 0 Å². The maximum absolute atomic E-state index is 11.2. The molecule has 1 heterocycles. The van der Waals surface area contributed by atoms with E-state index in [-0.39, 0.29) is 5.91 Å². The van der Waals surface area contributed by atoms with E-state index >= 15 is 0 Å². The van der Waals surface area contributed by atoms with Crippen LogP contribution in [0, 0.1) is 0 Å². The molecule has 0 fully saturated rings. The predicted octanol–water partition coefficient (Wildman–Crippen LogP) is 1.05. The van der Waals surface area contributed by atoms with Gasteiger partial charge in [0.1, 0.15) is 5.00 Å². The first-order valence-electron chi connectivity index (χ1n) is 4.94. The summed E-state index contributed by atoms with van der Waals surface area (Å²) in [4.78, 5) is 15.2. The van der Waals surface area contributed by atoms with Crippen LogP contribution in [-0.2, 0) is 4.79 Å². The number of amides is 1. The second-order valence-corrected chi connectivity index (χ2v) is 4.16. The van der Waals surface area contributed by atoms with E-state index < -0.39 is 0 Å². The van der Waals surface area contributed by atoms with E-state index in [1.807, 2.05) is 6.92 Å². The van der Waals surface area contributed by atoms with E-state index in [9.17, 15) is 4.79 Å². The molecule has 0 aromatic carbocycles. The average Bonchev–Trinajstić information content (AvgIpc) is 2.61. The Morgan fingerprint density at radius 2 is 2.40 bits per heavy atom. The van der Waals surface area contributed by atoms with Crippen molar-refractivity contribution in [2.45, 2.75) is 19.8 Å². The molecule has 0 atom stereocenters. The zero-order valence-electron chi connectivity index (χ0n) is 8.75. The van der Waals surface area contributed by atoms with Crippen LogP contribution < -0.4 is 16.4 Å². The molecular weight excluding hydrogens is 212 g/mol. The van der Waals surface area contributed by atoms with Crippen molar-refractivity contribution in [3.63, 3.8) is 0 Å². The number of nitrogens with one attached hydrogen (secondary N) is 2. The molecule has 4 N–H and O–H groups in total. The van der Waals surface area contributed by atoms with Gasteiger partial charge in [-0.2, -0.15) is 0 Å². The summed E-state index contributed by atoms with van der Waals surface area (Å²) in [5.41, 5.74) is 5.51. The van der Waals surface area contributed by atoms with Gasteiger partial charge in [0.2, 0.25) is 5.91 Å². The molecule has 0 saturated carbocycles. The molecule has 1 amide bonds. The van der Waals surface area contributed by atoms with E-state index in [2.05, 4.69) is 15.6 Å². The molecule has 0 bridgehead atoms. The van der Waals surface area contributed by atoms with E-state index in [0.717, 1.165) is 18.1 Å². The lowest BCUT2D eigenvalue weighted by Gasteiger charge is -2.03. The zero-order chi connectivity index (χ0) is 11.1. The van der Waals surface area contributed by atoms with Crippen molar-refractivity contribution in [1.82, 2.24) is 10.3 Å². The minimum absolute atomic E-state index is 0.0638. The highest BCUT2D eigenvalue weighted by atomic mass is 32.1. The highest BCUT2D eigenvalue weighted by Gasteiger charge is 2.01. The molecule has 0 aliphatic carbocycles. The molecule has 15 heavy (non-hydrogen) atoms. The van der Waals surface area contributed by atoms with E-state index in [4.69, 9.17) is 5.73 Å². The minimum Gasteiger partial charge on any atom is -0.389 e. The Bertz CT molecular complexity index is 313. The Balaban J connectivity index is 2.13. The van der Waals surface area contributed by atoms with Crippen LogP contribution in [0.4, 0.5) is 10.1 Å². The van der Waals surface area contributed by atoms with Crippen molar-refractivity contribution in [1.29, 1.82) is 0 Å². The van der Waals surface area contributed by atoms with Crippen molar-refractivity contribution in [2.24, 2.45) is 0 Å². The Hall–Kier alpha value is -1.30. The highest BCUT2D eigenvalue weighted by molar-refractivity contribution is 7.19. The molecule has 0 aliphatic rings. The SMILES string of the molecule is CCCNC(=O)CCNc1ncc(N)s1.